The van der Waals surface area contributed by atoms with Gasteiger partial charge in [-0.15, -0.1) is 0 Å². The fourth-order valence-corrected chi connectivity index (χ4v) is 4.40. The summed E-state index contributed by atoms with van der Waals surface area (Å²) in [6, 6.07) is 0.871. The molecular weight excluding hydrogens is 240 g/mol. The number of ether oxygens (including phenoxy) is 1. The SMILES string of the molecule is COC(=O)C1(NC2CCCCC2)CCN2CCCC21. The van der Waals surface area contributed by atoms with Gasteiger partial charge in [0.15, 0.2) is 0 Å². The van der Waals surface area contributed by atoms with E-state index in [0.717, 1.165) is 25.9 Å². The van der Waals surface area contributed by atoms with Crippen LogP contribution >= 0.6 is 0 Å². The lowest BCUT2D eigenvalue weighted by molar-refractivity contribution is -0.150. The van der Waals surface area contributed by atoms with Crippen molar-refractivity contribution >= 4 is 5.97 Å². The van der Waals surface area contributed by atoms with Crippen LogP contribution in [0.3, 0.4) is 0 Å². The molecule has 0 radical (unpaired) electrons. The zero-order chi connectivity index (χ0) is 13.3. The number of carbonyl (C=O) groups is 1. The van der Waals surface area contributed by atoms with Gasteiger partial charge in [0, 0.05) is 18.6 Å². The van der Waals surface area contributed by atoms with E-state index in [1.54, 1.807) is 0 Å². The minimum atomic E-state index is -0.423. The van der Waals surface area contributed by atoms with Crippen LogP contribution in [0.25, 0.3) is 0 Å². The fraction of sp³-hybridized carbons (Fsp3) is 0.933. The molecule has 3 aliphatic rings. The van der Waals surface area contributed by atoms with Gasteiger partial charge >= 0.3 is 5.97 Å². The van der Waals surface area contributed by atoms with E-state index in [-0.39, 0.29) is 5.97 Å². The Morgan fingerprint density at radius 1 is 1.16 bits per heavy atom. The Kier molecular flexibility index (Phi) is 3.81. The first-order chi connectivity index (χ1) is 9.26. The van der Waals surface area contributed by atoms with Gasteiger partial charge in [-0.1, -0.05) is 19.3 Å². The van der Waals surface area contributed by atoms with Crippen LogP contribution in [0.4, 0.5) is 0 Å². The summed E-state index contributed by atoms with van der Waals surface area (Å²) in [6.07, 6.45) is 9.63. The zero-order valence-corrected chi connectivity index (χ0v) is 12.0. The second-order valence-corrected chi connectivity index (χ2v) is 6.39. The van der Waals surface area contributed by atoms with Crippen molar-refractivity contribution in [2.45, 2.75) is 69.0 Å². The summed E-state index contributed by atoms with van der Waals surface area (Å²) in [5, 5.41) is 3.74. The maximum atomic E-state index is 12.4. The highest BCUT2D eigenvalue weighted by molar-refractivity contribution is 5.82. The molecule has 2 atom stereocenters. The largest absolute Gasteiger partial charge is 0.468 e. The summed E-state index contributed by atoms with van der Waals surface area (Å²) in [4.78, 5) is 14.9. The van der Waals surface area contributed by atoms with Crippen LogP contribution < -0.4 is 5.32 Å². The molecule has 2 saturated heterocycles. The number of hydrogen-bond acceptors (Lipinski definition) is 4. The van der Waals surface area contributed by atoms with E-state index in [9.17, 15) is 4.79 Å². The minimum absolute atomic E-state index is 0.0347. The summed E-state index contributed by atoms with van der Waals surface area (Å²) in [5.74, 6) is -0.0347. The maximum Gasteiger partial charge on any atom is 0.327 e. The lowest BCUT2D eigenvalue weighted by Crippen LogP contribution is -2.62. The van der Waals surface area contributed by atoms with E-state index in [0.29, 0.717) is 12.1 Å². The van der Waals surface area contributed by atoms with Crippen molar-refractivity contribution in [3.05, 3.63) is 0 Å². The van der Waals surface area contributed by atoms with E-state index in [4.69, 9.17) is 4.74 Å². The van der Waals surface area contributed by atoms with Crippen molar-refractivity contribution in [3.63, 3.8) is 0 Å². The van der Waals surface area contributed by atoms with E-state index in [1.165, 1.54) is 45.6 Å². The molecule has 4 heteroatoms. The van der Waals surface area contributed by atoms with E-state index in [1.807, 2.05) is 0 Å². The number of nitrogens with zero attached hydrogens (tertiary/aromatic N) is 1. The molecule has 108 valence electrons. The molecule has 1 N–H and O–H groups in total. The molecule has 4 nitrogen and oxygen atoms in total. The van der Waals surface area contributed by atoms with Crippen LogP contribution in [0.5, 0.6) is 0 Å². The average molecular weight is 266 g/mol. The minimum Gasteiger partial charge on any atom is -0.468 e. The Hall–Kier alpha value is -0.610. The number of esters is 1. The zero-order valence-electron chi connectivity index (χ0n) is 12.0. The second-order valence-electron chi connectivity index (χ2n) is 6.39. The van der Waals surface area contributed by atoms with Crippen molar-refractivity contribution < 1.29 is 9.53 Å². The molecule has 0 aromatic heterocycles. The number of carbonyl (C=O) groups excluding carboxylic acids is 1. The highest BCUT2D eigenvalue weighted by atomic mass is 16.5. The Morgan fingerprint density at radius 3 is 2.68 bits per heavy atom. The number of hydrogen-bond donors (Lipinski definition) is 1. The lowest BCUT2D eigenvalue weighted by Gasteiger charge is -2.38. The van der Waals surface area contributed by atoms with Crippen LogP contribution in [0.15, 0.2) is 0 Å². The van der Waals surface area contributed by atoms with Crippen LogP contribution in [0.1, 0.15) is 51.4 Å². The van der Waals surface area contributed by atoms with Gasteiger partial charge in [0.25, 0.3) is 0 Å². The van der Waals surface area contributed by atoms with Gasteiger partial charge in [0.1, 0.15) is 5.54 Å². The maximum absolute atomic E-state index is 12.4. The topological polar surface area (TPSA) is 41.6 Å². The third-order valence-corrected chi connectivity index (χ3v) is 5.34. The Labute approximate surface area is 115 Å². The monoisotopic (exact) mass is 266 g/mol. The normalized spacial score (nSPS) is 36.4. The average Bonchev–Trinajstić information content (AvgIpc) is 3.03. The van der Waals surface area contributed by atoms with Crippen molar-refractivity contribution in [1.82, 2.24) is 10.2 Å². The predicted octanol–water partition coefficient (Wildman–Crippen LogP) is 1.69. The summed E-state index contributed by atoms with van der Waals surface area (Å²) >= 11 is 0. The molecule has 1 aliphatic carbocycles. The van der Waals surface area contributed by atoms with E-state index < -0.39 is 5.54 Å². The number of nitrogens with one attached hydrogen (secondary N) is 1. The number of rotatable bonds is 3. The third kappa shape index (κ3) is 2.29. The molecule has 0 bridgehead atoms. The Bertz CT molecular complexity index is 341. The molecule has 0 aromatic carbocycles. The van der Waals surface area contributed by atoms with Crippen molar-refractivity contribution in [3.8, 4) is 0 Å². The molecular formula is C15H26N2O2. The van der Waals surface area contributed by atoms with Crippen molar-refractivity contribution in [2.24, 2.45) is 0 Å². The summed E-state index contributed by atoms with van der Waals surface area (Å²) in [7, 11) is 1.53. The smallest absolute Gasteiger partial charge is 0.327 e. The summed E-state index contributed by atoms with van der Waals surface area (Å²) < 4.78 is 5.16. The molecule has 0 spiro atoms. The van der Waals surface area contributed by atoms with Crippen LogP contribution in [0.2, 0.25) is 0 Å². The van der Waals surface area contributed by atoms with Crippen LogP contribution in [-0.2, 0) is 9.53 Å². The Balaban J connectivity index is 1.78. The van der Waals surface area contributed by atoms with Crippen LogP contribution in [-0.4, -0.2) is 48.7 Å². The Morgan fingerprint density at radius 2 is 1.95 bits per heavy atom. The molecule has 1 saturated carbocycles. The first kappa shape index (κ1) is 13.4. The summed E-state index contributed by atoms with van der Waals surface area (Å²) in [6.45, 7) is 2.19. The van der Waals surface area contributed by atoms with Gasteiger partial charge in [-0.3, -0.25) is 10.2 Å². The quantitative estimate of drug-likeness (QED) is 0.789. The van der Waals surface area contributed by atoms with Crippen molar-refractivity contribution in [1.29, 1.82) is 0 Å². The van der Waals surface area contributed by atoms with Gasteiger partial charge in [-0.05, 0) is 38.6 Å². The molecule has 2 heterocycles. The first-order valence-corrected chi connectivity index (χ1v) is 7.86. The number of fused-ring (bicyclic) bond motifs is 1. The van der Waals surface area contributed by atoms with E-state index in [2.05, 4.69) is 10.2 Å². The second kappa shape index (κ2) is 5.41. The van der Waals surface area contributed by atoms with Gasteiger partial charge in [-0.25, -0.2) is 4.79 Å². The molecule has 2 unspecified atom stereocenters. The molecule has 0 aromatic rings. The number of methoxy groups -OCH3 is 1. The predicted molar refractivity (Wildman–Crippen MR) is 74.0 cm³/mol. The fourth-order valence-electron chi connectivity index (χ4n) is 4.40. The highest BCUT2D eigenvalue weighted by Gasteiger charge is 2.55. The van der Waals surface area contributed by atoms with Crippen LogP contribution in [0, 0.1) is 0 Å². The third-order valence-electron chi connectivity index (χ3n) is 5.34. The molecule has 2 aliphatic heterocycles. The van der Waals surface area contributed by atoms with E-state index >= 15 is 0 Å². The lowest BCUT2D eigenvalue weighted by atomic mass is 9.85. The summed E-state index contributed by atoms with van der Waals surface area (Å²) in [5.41, 5.74) is -0.423. The van der Waals surface area contributed by atoms with Gasteiger partial charge in [0.2, 0.25) is 0 Å². The molecule has 0 amide bonds. The van der Waals surface area contributed by atoms with Gasteiger partial charge < -0.3 is 4.74 Å². The molecule has 3 fully saturated rings. The first-order valence-electron chi connectivity index (χ1n) is 7.86. The van der Waals surface area contributed by atoms with Gasteiger partial charge in [-0.2, -0.15) is 0 Å². The molecule has 19 heavy (non-hydrogen) atoms. The highest BCUT2D eigenvalue weighted by Crippen LogP contribution is 2.38. The van der Waals surface area contributed by atoms with Crippen molar-refractivity contribution in [2.75, 3.05) is 20.2 Å². The standard InChI is InChI=1S/C15H26N2O2/c1-19-14(18)15(16-12-6-3-2-4-7-12)9-11-17-10-5-8-13(15)17/h12-13,16H,2-11H2,1H3. The molecule has 3 rings (SSSR count). The van der Waals surface area contributed by atoms with Gasteiger partial charge in [0.05, 0.1) is 7.11 Å².